The van der Waals surface area contributed by atoms with E-state index in [1.165, 1.54) is 22.3 Å². The summed E-state index contributed by atoms with van der Waals surface area (Å²) >= 11 is 1.72. The molecule has 4 heteroatoms. The molecule has 2 aromatic heterocycles. The largest absolute Gasteiger partial charge is 0.346 e. The van der Waals surface area contributed by atoms with E-state index < -0.39 is 0 Å². The van der Waals surface area contributed by atoms with Gasteiger partial charge in [-0.05, 0) is 24.4 Å². The first-order valence-corrected chi connectivity index (χ1v) is 7.77. The highest BCUT2D eigenvalue weighted by Gasteiger charge is 2.04. The van der Waals surface area contributed by atoms with Crippen LogP contribution in [0, 0.1) is 6.92 Å². The number of rotatable bonds is 5. The van der Waals surface area contributed by atoms with Crippen LogP contribution in [0.25, 0.3) is 10.9 Å². The highest BCUT2D eigenvalue weighted by atomic mass is 32.1. The smallest absolute Gasteiger partial charge is 0.0897 e. The third-order valence-corrected chi connectivity index (χ3v) is 4.40. The van der Waals surface area contributed by atoms with Crippen LogP contribution in [0.3, 0.4) is 0 Å². The average Bonchev–Trinajstić information content (AvgIpc) is 3.00. The zero-order valence-corrected chi connectivity index (χ0v) is 12.7. The Morgan fingerprint density at radius 3 is 2.90 bits per heavy atom. The van der Waals surface area contributed by atoms with E-state index in [1.807, 2.05) is 0 Å². The van der Waals surface area contributed by atoms with E-state index in [2.05, 4.69) is 64.6 Å². The van der Waals surface area contributed by atoms with Gasteiger partial charge in [-0.1, -0.05) is 18.2 Å². The van der Waals surface area contributed by atoms with E-state index in [4.69, 9.17) is 0 Å². The summed E-state index contributed by atoms with van der Waals surface area (Å²) in [4.78, 5) is 4.48. The molecule has 0 aliphatic heterocycles. The van der Waals surface area contributed by atoms with Crippen molar-refractivity contribution in [1.82, 2.24) is 14.9 Å². The van der Waals surface area contributed by atoms with Crippen LogP contribution in [0.4, 0.5) is 0 Å². The van der Waals surface area contributed by atoms with E-state index in [0.717, 1.165) is 24.5 Å². The molecular formula is C16H19N3S. The maximum atomic E-state index is 4.48. The first-order valence-electron chi connectivity index (χ1n) is 6.89. The van der Waals surface area contributed by atoms with Crippen molar-refractivity contribution >= 4 is 22.2 Å². The fourth-order valence-electron chi connectivity index (χ4n) is 2.47. The number of aryl methyl sites for hydroxylation is 2. The van der Waals surface area contributed by atoms with E-state index in [-0.39, 0.29) is 0 Å². The molecule has 3 rings (SSSR count). The molecule has 0 saturated heterocycles. The monoisotopic (exact) mass is 285 g/mol. The SMILES string of the molecule is Cc1nc(CCNCc2cc3ccccc3n2C)cs1. The molecule has 0 bridgehead atoms. The third-order valence-electron chi connectivity index (χ3n) is 3.58. The molecule has 20 heavy (non-hydrogen) atoms. The van der Waals surface area contributed by atoms with Crippen LogP contribution in [0.1, 0.15) is 16.4 Å². The second-order valence-electron chi connectivity index (χ2n) is 5.04. The molecule has 0 aliphatic rings. The molecule has 0 radical (unpaired) electrons. The summed E-state index contributed by atoms with van der Waals surface area (Å²) in [5.41, 5.74) is 3.80. The topological polar surface area (TPSA) is 29.9 Å². The molecule has 3 aromatic rings. The van der Waals surface area contributed by atoms with Crippen molar-refractivity contribution in [2.45, 2.75) is 19.9 Å². The number of thiazole rings is 1. The number of hydrogen-bond acceptors (Lipinski definition) is 3. The van der Waals surface area contributed by atoms with E-state index in [1.54, 1.807) is 11.3 Å². The Morgan fingerprint density at radius 2 is 2.15 bits per heavy atom. The molecule has 0 aliphatic carbocycles. The standard InChI is InChI=1S/C16H19N3S/c1-12-18-14(11-20-12)7-8-17-10-15-9-13-5-3-4-6-16(13)19(15)2/h3-6,9,11,17H,7-8,10H2,1-2H3. The molecule has 1 aromatic carbocycles. The molecule has 0 fully saturated rings. The summed E-state index contributed by atoms with van der Waals surface area (Å²) in [6.45, 7) is 3.91. The van der Waals surface area contributed by atoms with Gasteiger partial charge in [0, 0.05) is 43.1 Å². The summed E-state index contributed by atoms with van der Waals surface area (Å²) < 4.78 is 2.26. The zero-order chi connectivity index (χ0) is 13.9. The van der Waals surface area contributed by atoms with Crippen molar-refractivity contribution in [2.75, 3.05) is 6.54 Å². The molecule has 3 nitrogen and oxygen atoms in total. The first-order chi connectivity index (χ1) is 9.74. The van der Waals surface area contributed by atoms with Crippen molar-refractivity contribution in [3.05, 3.63) is 52.1 Å². The van der Waals surface area contributed by atoms with Crippen LogP contribution in [0.5, 0.6) is 0 Å². The van der Waals surface area contributed by atoms with Crippen LogP contribution < -0.4 is 5.32 Å². The van der Waals surface area contributed by atoms with Gasteiger partial charge in [-0.15, -0.1) is 11.3 Å². The summed E-state index contributed by atoms with van der Waals surface area (Å²) in [6, 6.07) is 10.8. The minimum atomic E-state index is 0.897. The van der Waals surface area contributed by atoms with Gasteiger partial charge >= 0.3 is 0 Å². The van der Waals surface area contributed by atoms with E-state index in [0.29, 0.717) is 0 Å². The lowest BCUT2D eigenvalue weighted by Gasteiger charge is -2.05. The lowest BCUT2D eigenvalue weighted by atomic mass is 10.2. The number of fused-ring (bicyclic) bond motifs is 1. The number of nitrogens with zero attached hydrogens (tertiary/aromatic N) is 2. The third kappa shape index (κ3) is 2.76. The molecule has 0 amide bonds. The van der Waals surface area contributed by atoms with Crippen LogP contribution in [-0.4, -0.2) is 16.1 Å². The van der Waals surface area contributed by atoms with Gasteiger partial charge in [0.15, 0.2) is 0 Å². The Labute approximate surface area is 123 Å². The van der Waals surface area contributed by atoms with Gasteiger partial charge in [0.05, 0.1) is 10.7 Å². The number of para-hydroxylation sites is 1. The van der Waals surface area contributed by atoms with Crippen LogP contribution in [-0.2, 0) is 20.0 Å². The summed E-state index contributed by atoms with van der Waals surface area (Å²) in [7, 11) is 2.13. The fraction of sp³-hybridized carbons (Fsp3) is 0.312. The Hall–Kier alpha value is -1.65. The quantitative estimate of drug-likeness (QED) is 0.729. The highest BCUT2D eigenvalue weighted by molar-refractivity contribution is 7.09. The van der Waals surface area contributed by atoms with Gasteiger partial charge in [0.1, 0.15) is 0 Å². The second kappa shape index (κ2) is 5.77. The van der Waals surface area contributed by atoms with Gasteiger partial charge < -0.3 is 9.88 Å². The van der Waals surface area contributed by atoms with Gasteiger partial charge in [-0.25, -0.2) is 4.98 Å². The molecule has 2 heterocycles. The average molecular weight is 285 g/mol. The van der Waals surface area contributed by atoms with E-state index in [9.17, 15) is 0 Å². The minimum Gasteiger partial charge on any atom is -0.346 e. The predicted octanol–water partition coefficient (Wildman–Crippen LogP) is 3.28. The molecular weight excluding hydrogens is 266 g/mol. The normalized spacial score (nSPS) is 11.3. The first kappa shape index (κ1) is 13.3. The molecule has 0 spiro atoms. The van der Waals surface area contributed by atoms with Crippen molar-refractivity contribution < 1.29 is 0 Å². The lowest BCUT2D eigenvalue weighted by molar-refractivity contribution is 0.653. The Kier molecular flexibility index (Phi) is 3.85. The number of hydrogen-bond donors (Lipinski definition) is 1. The summed E-state index contributed by atoms with van der Waals surface area (Å²) in [5, 5.41) is 8.11. The fourth-order valence-corrected chi connectivity index (χ4v) is 3.12. The van der Waals surface area contributed by atoms with Crippen LogP contribution in [0.2, 0.25) is 0 Å². The molecule has 104 valence electrons. The van der Waals surface area contributed by atoms with Crippen LogP contribution >= 0.6 is 11.3 Å². The van der Waals surface area contributed by atoms with Gasteiger partial charge in [0.25, 0.3) is 0 Å². The molecule has 1 N–H and O–H groups in total. The number of aromatic nitrogens is 2. The molecule has 0 atom stereocenters. The lowest BCUT2D eigenvalue weighted by Crippen LogP contribution is -2.18. The Morgan fingerprint density at radius 1 is 1.30 bits per heavy atom. The minimum absolute atomic E-state index is 0.897. The van der Waals surface area contributed by atoms with Crippen LogP contribution in [0.15, 0.2) is 35.7 Å². The summed E-state index contributed by atoms with van der Waals surface area (Å²) in [5.74, 6) is 0. The van der Waals surface area contributed by atoms with Crippen molar-refractivity contribution in [3.8, 4) is 0 Å². The van der Waals surface area contributed by atoms with Gasteiger partial charge in [0.2, 0.25) is 0 Å². The maximum Gasteiger partial charge on any atom is 0.0897 e. The highest BCUT2D eigenvalue weighted by Crippen LogP contribution is 2.18. The van der Waals surface area contributed by atoms with Crippen molar-refractivity contribution in [1.29, 1.82) is 0 Å². The Balaban J connectivity index is 1.58. The summed E-state index contributed by atoms with van der Waals surface area (Å²) in [6.07, 6.45) is 0.994. The molecule has 0 unspecified atom stereocenters. The van der Waals surface area contributed by atoms with E-state index >= 15 is 0 Å². The second-order valence-corrected chi connectivity index (χ2v) is 6.10. The Bertz CT molecular complexity index is 711. The van der Waals surface area contributed by atoms with Crippen molar-refractivity contribution in [3.63, 3.8) is 0 Å². The number of benzene rings is 1. The predicted molar refractivity (Wildman–Crippen MR) is 85.2 cm³/mol. The van der Waals surface area contributed by atoms with Crippen molar-refractivity contribution in [2.24, 2.45) is 7.05 Å². The zero-order valence-electron chi connectivity index (χ0n) is 11.9. The van der Waals surface area contributed by atoms with Gasteiger partial charge in [-0.2, -0.15) is 0 Å². The maximum absolute atomic E-state index is 4.48. The van der Waals surface area contributed by atoms with Gasteiger partial charge in [-0.3, -0.25) is 0 Å². The molecule has 0 saturated carbocycles. The number of nitrogens with one attached hydrogen (secondary N) is 1.